The summed E-state index contributed by atoms with van der Waals surface area (Å²) in [6.45, 7) is 0.821. The van der Waals surface area contributed by atoms with Crippen molar-refractivity contribution in [1.82, 2.24) is 5.32 Å². The van der Waals surface area contributed by atoms with E-state index in [0.29, 0.717) is 6.04 Å². The number of aliphatic hydroxyl groups excluding tert-OH is 1. The van der Waals surface area contributed by atoms with Crippen LogP contribution in [0.3, 0.4) is 0 Å². The van der Waals surface area contributed by atoms with Crippen molar-refractivity contribution in [3.8, 4) is 0 Å². The molecule has 0 radical (unpaired) electrons. The van der Waals surface area contributed by atoms with Crippen molar-refractivity contribution in [3.05, 3.63) is 0 Å². The number of halogens is 1. The van der Waals surface area contributed by atoms with E-state index in [2.05, 4.69) is 5.32 Å². The summed E-state index contributed by atoms with van der Waals surface area (Å²) in [5.41, 5.74) is 0. The summed E-state index contributed by atoms with van der Waals surface area (Å²) < 4.78 is 0. The van der Waals surface area contributed by atoms with Gasteiger partial charge in [-0.05, 0) is 25.2 Å². The van der Waals surface area contributed by atoms with E-state index < -0.39 is 0 Å². The second-order valence-electron chi connectivity index (χ2n) is 4.66. The van der Waals surface area contributed by atoms with Crippen LogP contribution in [0.25, 0.3) is 0 Å². The van der Waals surface area contributed by atoms with Crippen LogP contribution in [-0.4, -0.2) is 23.8 Å². The SMILES string of the molecule is Cl.OC1CNC(C2CCCCCC2)C1. The first kappa shape index (κ1) is 12.3. The molecule has 2 unspecified atom stereocenters. The topological polar surface area (TPSA) is 32.3 Å². The van der Waals surface area contributed by atoms with Gasteiger partial charge in [-0.25, -0.2) is 0 Å². The third-order valence-corrected chi connectivity index (χ3v) is 3.61. The molecule has 2 rings (SSSR count). The molecule has 1 saturated carbocycles. The Hall–Kier alpha value is 0.210. The van der Waals surface area contributed by atoms with Crippen molar-refractivity contribution in [3.63, 3.8) is 0 Å². The molecule has 0 spiro atoms. The summed E-state index contributed by atoms with van der Waals surface area (Å²) in [4.78, 5) is 0. The first-order valence-electron chi connectivity index (χ1n) is 5.78. The molecule has 2 aliphatic rings. The summed E-state index contributed by atoms with van der Waals surface area (Å²) in [6.07, 6.45) is 9.32. The van der Waals surface area contributed by atoms with Crippen LogP contribution in [0, 0.1) is 5.92 Å². The van der Waals surface area contributed by atoms with Crippen LogP contribution >= 0.6 is 12.4 Å². The molecule has 1 heterocycles. The van der Waals surface area contributed by atoms with E-state index in [0.717, 1.165) is 18.9 Å². The third-order valence-electron chi connectivity index (χ3n) is 3.61. The molecule has 2 fully saturated rings. The molecule has 1 aliphatic carbocycles. The molecule has 0 bridgehead atoms. The van der Waals surface area contributed by atoms with Gasteiger partial charge in [0.1, 0.15) is 0 Å². The minimum Gasteiger partial charge on any atom is -0.392 e. The predicted molar refractivity (Wildman–Crippen MR) is 60.9 cm³/mol. The lowest BCUT2D eigenvalue weighted by molar-refractivity contribution is 0.188. The standard InChI is InChI=1S/C11H21NO.ClH/c13-10-7-11(12-8-10)9-5-3-1-2-4-6-9;/h9-13H,1-8H2;1H. The summed E-state index contributed by atoms with van der Waals surface area (Å²) in [6, 6.07) is 0.619. The van der Waals surface area contributed by atoms with Gasteiger partial charge in [0.05, 0.1) is 6.10 Å². The van der Waals surface area contributed by atoms with E-state index in [-0.39, 0.29) is 18.5 Å². The molecule has 84 valence electrons. The van der Waals surface area contributed by atoms with E-state index in [1.54, 1.807) is 0 Å². The van der Waals surface area contributed by atoms with Gasteiger partial charge in [-0.15, -0.1) is 12.4 Å². The van der Waals surface area contributed by atoms with Crippen molar-refractivity contribution < 1.29 is 5.11 Å². The van der Waals surface area contributed by atoms with Gasteiger partial charge in [0.25, 0.3) is 0 Å². The Morgan fingerprint density at radius 2 is 1.64 bits per heavy atom. The second kappa shape index (κ2) is 5.94. The molecule has 0 aromatic carbocycles. The molecule has 1 saturated heterocycles. The minimum absolute atomic E-state index is 0. The normalized spacial score (nSPS) is 34.9. The van der Waals surface area contributed by atoms with Crippen LogP contribution in [0.2, 0.25) is 0 Å². The summed E-state index contributed by atoms with van der Waals surface area (Å²) in [5.74, 6) is 0.847. The Morgan fingerprint density at radius 3 is 2.14 bits per heavy atom. The first-order chi connectivity index (χ1) is 6.36. The van der Waals surface area contributed by atoms with Crippen molar-refractivity contribution in [1.29, 1.82) is 0 Å². The number of nitrogens with one attached hydrogen (secondary N) is 1. The number of rotatable bonds is 1. The Morgan fingerprint density at radius 1 is 1.00 bits per heavy atom. The van der Waals surface area contributed by atoms with Crippen molar-refractivity contribution in [2.45, 2.75) is 57.1 Å². The molecule has 14 heavy (non-hydrogen) atoms. The predicted octanol–water partition coefficient (Wildman–Crippen LogP) is 2.10. The van der Waals surface area contributed by atoms with Gasteiger partial charge in [0.2, 0.25) is 0 Å². The van der Waals surface area contributed by atoms with Crippen LogP contribution in [0.4, 0.5) is 0 Å². The lowest BCUT2D eigenvalue weighted by Gasteiger charge is -2.21. The maximum absolute atomic E-state index is 9.44. The highest BCUT2D eigenvalue weighted by atomic mass is 35.5. The quantitative estimate of drug-likeness (QED) is 0.663. The van der Waals surface area contributed by atoms with E-state index in [4.69, 9.17) is 0 Å². The molecule has 0 aromatic rings. The molecule has 0 aromatic heterocycles. The zero-order chi connectivity index (χ0) is 9.10. The van der Waals surface area contributed by atoms with Gasteiger partial charge in [0, 0.05) is 12.6 Å². The smallest absolute Gasteiger partial charge is 0.0679 e. The average Bonchev–Trinajstić information content (AvgIpc) is 2.43. The maximum atomic E-state index is 9.44. The zero-order valence-corrected chi connectivity index (χ0v) is 9.56. The first-order valence-corrected chi connectivity index (χ1v) is 5.78. The highest BCUT2D eigenvalue weighted by molar-refractivity contribution is 5.85. The van der Waals surface area contributed by atoms with Crippen LogP contribution in [0.1, 0.15) is 44.9 Å². The van der Waals surface area contributed by atoms with Gasteiger partial charge in [-0.1, -0.05) is 25.7 Å². The van der Waals surface area contributed by atoms with Crippen molar-refractivity contribution in [2.24, 2.45) is 5.92 Å². The number of β-amino-alcohol motifs (C(OH)–C–C–N with tert-alkyl or cyclic N) is 1. The van der Waals surface area contributed by atoms with E-state index in [9.17, 15) is 5.11 Å². The summed E-state index contributed by atoms with van der Waals surface area (Å²) in [5, 5.41) is 12.9. The number of hydrogen-bond donors (Lipinski definition) is 2. The van der Waals surface area contributed by atoms with Gasteiger partial charge in [0.15, 0.2) is 0 Å². The fourth-order valence-corrected chi connectivity index (χ4v) is 2.82. The molecule has 0 amide bonds. The summed E-state index contributed by atoms with van der Waals surface area (Å²) >= 11 is 0. The molecule has 2 nitrogen and oxygen atoms in total. The van der Waals surface area contributed by atoms with Crippen LogP contribution in [0.5, 0.6) is 0 Å². The van der Waals surface area contributed by atoms with Crippen LogP contribution in [0.15, 0.2) is 0 Å². The maximum Gasteiger partial charge on any atom is 0.0679 e. The van der Waals surface area contributed by atoms with E-state index in [1.165, 1.54) is 38.5 Å². The summed E-state index contributed by atoms with van der Waals surface area (Å²) in [7, 11) is 0. The van der Waals surface area contributed by atoms with Crippen LogP contribution in [-0.2, 0) is 0 Å². The van der Waals surface area contributed by atoms with Gasteiger partial charge in [-0.3, -0.25) is 0 Å². The molecule has 2 N–H and O–H groups in total. The van der Waals surface area contributed by atoms with Crippen molar-refractivity contribution >= 4 is 12.4 Å². The zero-order valence-electron chi connectivity index (χ0n) is 8.74. The van der Waals surface area contributed by atoms with E-state index in [1.807, 2.05) is 0 Å². The molecular weight excluding hydrogens is 198 g/mol. The highest BCUT2D eigenvalue weighted by Gasteiger charge is 2.29. The monoisotopic (exact) mass is 219 g/mol. The lowest BCUT2D eigenvalue weighted by atomic mass is 9.91. The lowest BCUT2D eigenvalue weighted by Crippen LogP contribution is -2.30. The second-order valence-corrected chi connectivity index (χ2v) is 4.66. The largest absolute Gasteiger partial charge is 0.392 e. The van der Waals surface area contributed by atoms with E-state index >= 15 is 0 Å². The molecule has 2 atom stereocenters. The minimum atomic E-state index is -0.0757. The fourth-order valence-electron chi connectivity index (χ4n) is 2.82. The van der Waals surface area contributed by atoms with Gasteiger partial charge >= 0.3 is 0 Å². The van der Waals surface area contributed by atoms with Crippen LogP contribution < -0.4 is 5.32 Å². The Labute approximate surface area is 92.9 Å². The fraction of sp³-hybridized carbons (Fsp3) is 1.00. The van der Waals surface area contributed by atoms with Crippen molar-refractivity contribution in [2.75, 3.05) is 6.54 Å². The third kappa shape index (κ3) is 3.11. The molecule has 1 aliphatic heterocycles. The Bertz CT molecular complexity index is 157. The molecular formula is C11H22ClNO. The number of aliphatic hydroxyl groups is 1. The highest BCUT2D eigenvalue weighted by Crippen LogP contribution is 2.28. The Kier molecular flexibility index (Phi) is 5.21. The number of hydrogen-bond acceptors (Lipinski definition) is 2. The Balaban J connectivity index is 0.000000980. The van der Waals surface area contributed by atoms with Gasteiger partial charge in [-0.2, -0.15) is 0 Å². The van der Waals surface area contributed by atoms with Gasteiger partial charge < -0.3 is 10.4 Å². The molecule has 3 heteroatoms. The average molecular weight is 220 g/mol.